The van der Waals surface area contributed by atoms with Crippen molar-refractivity contribution in [2.75, 3.05) is 10.4 Å². The Labute approximate surface area is 136 Å². The highest BCUT2D eigenvalue weighted by Crippen LogP contribution is 2.26. The van der Waals surface area contributed by atoms with Crippen molar-refractivity contribution in [2.45, 2.75) is 13.8 Å². The molecule has 0 heterocycles. The van der Waals surface area contributed by atoms with Crippen LogP contribution in [0.4, 0.5) is 22.7 Å². The first kappa shape index (κ1) is 15.1. The van der Waals surface area contributed by atoms with Gasteiger partial charge in [-0.1, -0.05) is 35.4 Å². The summed E-state index contributed by atoms with van der Waals surface area (Å²) in [6.07, 6.45) is 0. The second kappa shape index (κ2) is 6.55. The first-order chi connectivity index (χ1) is 11.1. The Balaban J connectivity index is 1.73. The molecule has 0 atom stereocenters. The lowest BCUT2D eigenvalue weighted by Gasteiger charge is -2.17. The van der Waals surface area contributed by atoms with E-state index in [0.29, 0.717) is 0 Å². The van der Waals surface area contributed by atoms with Crippen LogP contribution in [-0.4, -0.2) is 5.21 Å². The van der Waals surface area contributed by atoms with E-state index in [-0.39, 0.29) is 0 Å². The van der Waals surface area contributed by atoms with Gasteiger partial charge >= 0.3 is 0 Å². The summed E-state index contributed by atoms with van der Waals surface area (Å²) in [7, 11) is 0. The summed E-state index contributed by atoms with van der Waals surface area (Å²) in [5.41, 5.74) is 5.90. The lowest BCUT2D eigenvalue weighted by Crippen LogP contribution is -2.10. The Morgan fingerprint density at radius 2 is 0.957 bits per heavy atom. The molecular weight excluding hydrogens is 284 g/mol. The van der Waals surface area contributed by atoms with Crippen LogP contribution in [-0.2, 0) is 0 Å². The van der Waals surface area contributed by atoms with E-state index in [1.54, 1.807) is 0 Å². The molecule has 3 nitrogen and oxygen atoms in total. The lowest BCUT2D eigenvalue weighted by atomic mass is 10.2. The highest BCUT2D eigenvalue weighted by Gasteiger charge is 2.05. The number of benzene rings is 3. The summed E-state index contributed by atoms with van der Waals surface area (Å²) in [5, 5.41) is 14.8. The number of anilines is 4. The maximum absolute atomic E-state index is 10.3. The van der Waals surface area contributed by atoms with Crippen LogP contribution in [0.5, 0.6) is 0 Å². The average Bonchev–Trinajstić information content (AvgIpc) is 2.58. The molecule has 0 aliphatic carbocycles. The molecule has 3 aromatic rings. The van der Waals surface area contributed by atoms with Crippen molar-refractivity contribution in [2.24, 2.45) is 0 Å². The first-order valence-electron chi connectivity index (χ1n) is 7.61. The zero-order valence-corrected chi connectivity index (χ0v) is 13.3. The van der Waals surface area contributed by atoms with Crippen molar-refractivity contribution in [3.8, 4) is 0 Å². The van der Waals surface area contributed by atoms with Crippen molar-refractivity contribution in [3.63, 3.8) is 0 Å². The molecule has 3 heteroatoms. The van der Waals surface area contributed by atoms with Crippen LogP contribution in [0.25, 0.3) is 0 Å². The van der Waals surface area contributed by atoms with Gasteiger partial charge in [0.1, 0.15) is 0 Å². The molecule has 116 valence electrons. The molecule has 3 rings (SSSR count). The maximum Gasteiger partial charge on any atom is 0.0694 e. The summed E-state index contributed by atoms with van der Waals surface area (Å²) in [5.74, 6) is 0. The Bertz CT molecular complexity index is 762. The summed E-state index contributed by atoms with van der Waals surface area (Å²) < 4.78 is 0. The van der Waals surface area contributed by atoms with Gasteiger partial charge in [0, 0.05) is 11.4 Å². The molecule has 23 heavy (non-hydrogen) atoms. The molecule has 0 aromatic heterocycles. The van der Waals surface area contributed by atoms with Gasteiger partial charge in [-0.25, -0.2) is 5.06 Å². The number of rotatable bonds is 4. The third-order valence-corrected chi connectivity index (χ3v) is 3.73. The van der Waals surface area contributed by atoms with Crippen LogP contribution in [0.1, 0.15) is 11.1 Å². The van der Waals surface area contributed by atoms with Gasteiger partial charge in [0.15, 0.2) is 0 Å². The molecular formula is C20H20N2O. The van der Waals surface area contributed by atoms with E-state index in [0.717, 1.165) is 22.7 Å². The minimum atomic E-state index is 0.725. The summed E-state index contributed by atoms with van der Waals surface area (Å²) in [6, 6.07) is 23.7. The van der Waals surface area contributed by atoms with E-state index in [1.807, 2.05) is 67.6 Å². The summed E-state index contributed by atoms with van der Waals surface area (Å²) >= 11 is 0. The van der Waals surface area contributed by atoms with Gasteiger partial charge in [-0.3, -0.25) is 5.21 Å². The van der Waals surface area contributed by atoms with Crippen LogP contribution in [0.2, 0.25) is 0 Å². The first-order valence-corrected chi connectivity index (χ1v) is 7.61. The Kier molecular flexibility index (Phi) is 4.31. The standard InChI is InChI=1S/C20H20N2O/c1-15-3-7-17(8-4-15)21-18-9-13-20(14-10-18)22(23)19-11-5-16(2)6-12-19/h3-14,21,23H,1-2H3. The van der Waals surface area contributed by atoms with Crippen LogP contribution in [0.3, 0.4) is 0 Å². The molecule has 0 aliphatic heterocycles. The van der Waals surface area contributed by atoms with Gasteiger partial charge in [-0.2, -0.15) is 0 Å². The molecule has 0 aliphatic rings. The molecule has 0 saturated carbocycles. The number of nitrogens with one attached hydrogen (secondary N) is 1. The van der Waals surface area contributed by atoms with Crippen molar-refractivity contribution in [1.82, 2.24) is 0 Å². The van der Waals surface area contributed by atoms with Gasteiger partial charge in [0.05, 0.1) is 11.4 Å². The normalized spacial score (nSPS) is 10.4. The van der Waals surface area contributed by atoms with E-state index < -0.39 is 0 Å². The highest BCUT2D eigenvalue weighted by atomic mass is 16.5. The molecule has 0 spiro atoms. The average molecular weight is 304 g/mol. The molecule has 0 fully saturated rings. The fourth-order valence-corrected chi connectivity index (χ4v) is 2.32. The maximum atomic E-state index is 10.3. The molecule has 3 aromatic carbocycles. The Morgan fingerprint density at radius 1 is 0.609 bits per heavy atom. The monoisotopic (exact) mass is 304 g/mol. The second-order valence-corrected chi connectivity index (χ2v) is 5.69. The van der Waals surface area contributed by atoms with Gasteiger partial charge in [-0.15, -0.1) is 0 Å². The van der Waals surface area contributed by atoms with Crippen LogP contribution in [0.15, 0.2) is 72.8 Å². The number of hydrogen-bond donors (Lipinski definition) is 2. The highest BCUT2D eigenvalue weighted by molar-refractivity contribution is 5.66. The van der Waals surface area contributed by atoms with Crippen LogP contribution in [0, 0.1) is 13.8 Å². The summed E-state index contributed by atoms with van der Waals surface area (Å²) in [4.78, 5) is 0. The SMILES string of the molecule is Cc1ccc(Nc2ccc(N(O)c3ccc(C)cc3)cc2)cc1. The van der Waals surface area contributed by atoms with Crippen LogP contribution >= 0.6 is 0 Å². The van der Waals surface area contributed by atoms with E-state index in [4.69, 9.17) is 0 Å². The van der Waals surface area contributed by atoms with Gasteiger partial charge < -0.3 is 5.32 Å². The van der Waals surface area contributed by atoms with Crippen molar-refractivity contribution in [1.29, 1.82) is 0 Å². The number of aryl methyl sites for hydroxylation is 2. The lowest BCUT2D eigenvalue weighted by molar-refractivity contribution is 0.301. The quantitative estimate of drug-likeness (QED) is 0.618. The second-order valence-electron chi connectivity index (χ2n) is 5.69. The zero-order chi connectivity index (χ0) is 16.2. The van der Waals surface area contributed by atoms with Crippen molar-refractivity contribution in [3.05, 3.63) is 83.9 Å². The minimum absolute atomic E-state index is 0.725. The largest absolute Gasteiger partial charge is 0.356 e. The Hall–Kier alpha value is -2.78. The Morgan fingerprint density at radius 3 is 1.43 bits per heavy atom. The number of hydrogen-bond acceptors (Lipinski definition) is 3. The molecule has 0 radical (unpaired) electrons. The van der Waals surface area contributed by atoms with E-state index in [2.05, 4.69) is 24.4 Å². The third-order valence-electron chi connectivity index (χ3n) is 3.73. The molecule has 2 N–H and O–H groups in total. The molecule has 0 amide bonds. The molecule has 0 unspecified atom stereocenters. The zero-order valence-electron chi connectivity index (χ0n) is 13.3. The fourth-order valence-electron chi connectivity index (χ4n) is 2.32. The van der Waals surface area contributed by atoms with Crippen molar-refractivity contribution < 1.29 is 5.21 Å². The minimum Gasteiger partial charge on any atom is -0.356 e. The van der Waals surface area contributed by atoms with Gasteiger partial charge in [0.2, 0.25) is 0 Å². The van der Waals surface area contributed by atoms with E-state index in [1.165, 1.54) is 16.2 Å². The van der Waals surface area contributed by atoms with E-state index in [9.17, 15) is 5.21 Å². The van der Waals surface area contributed by atoms with Crippen molar-refractivity contribution >= 4 is 22.7 Å². The summed E-state index contributed by atoms with van der Waals surface area (Å²) in [6.45, 7) is 4.09. The fraction of sp³-hybridized carbons (Fsp3) is 0.100. The van der Waals surface area contributed by atoms with E-state index >= 15 is 0 Å². The predicted octanol–water partition coefficient (Wildman–Crippen LogP) is 5.57. The smallest absolute Gasteiger partial charge is 0.0694 e. The number of nitrogens with zero attached hydrogens (tertiary/aromatic N) is 1. The predicted molar refractivity (Wildman–Crippen MR) is 96.0 cm³/mol. The van der Waals surface area contributed by atoms with Gasteiger partial charge in [0.25, 0.3) is 0 Å². The molecule has 0 bridgehead atoms. The molecule has 0 saturated heterocycles. The van der Waals surface area contributed by atoms with Crippen LogP contribution < -0.4 is 10.4 Å². The third kappa shape index (κ3) is 3.71. The van der Waals surface area contributed by atoms with Gasteiger partial charge in [-0.05, 0) is 62.4 Å². The topological polar surface area (TPSA) is 35.5 Å².